The minimum atomic E-state index is -1.32. The number of halogens is 1. The lowest BCUT2D eigenvalue weighted by molar-refractivity contribution is 0.105. The summed E-state index contributed by atoms with van der Waals surface area (Å²) in [5.41, 5.74) is 2.76. The molecular weight excluding hydrogens is 287 g/mol. The summed E-state index contributed by atoms with van der Waals surface area (Å²) in [6, 6.07) is 16.8. The third-order valence-electron chi connectivity index (χ3n) is 2.68. The fourth-order valence-electron chi connectivity index (χ4n) is 1.61. The second kappa shape index (κ2) is 7.68. The maximum Gasteiger partial charge on any atom is 0.428 e. The van der Waals surface area contributed by atoms with Crippen LogP contribution in [0.15, 0.2) is 65.8 Å². The van der Waals surface area contributed by atoms with E-state index in [0.717, 1.165) is 5.56 Å². The van der Waals surface area contributed by atoms with Crippen molar-refractivity contribution >= 4 is 17.8 Å². The van der Waals surface area contributed by atoms with E-state index < -0.39 is 17.8 Å². The second-order valence-corrected chi connectivity index (χ2v) is 4.27. The van der Waals surface area contributed by atoms with E-state index in [1.54, 1.807) is 42.5 Å². The number of Topliss-reactive ketones (excluding diaryl/α,β-unsaturated/α-hetero) is 1. The molecule has 1 amide bonds. The van der Waals surface area contributed by atoms with Gasteiger partial charge >= 0.3 is 6.09 Å². The molecule has 1 N–H and O–H groups in total. The highest BCUT2D eigenvalue weighted by Gasteiger charge is 2.14. The smallest absolute Gasteiger partial charge is 0.428 e. The predicted octanol–water partition coefficient (Wildman–Crippen LogP) is 3.08. The summed E-state index contributed by atoms with van der Waals surface area (Å²) < 4.78 is 18.4. The van der Waals surface area contributed by atoms with Gasteiger partial charge in [-0.05, 0) is 5.56 Å². The molecule has 0 radical (unpaired) electrons. The Kier molecular flexibility index (Phi) is 5.37. The normalized spacial score (nSPS) is 10.9. The summed E-state index contributed by atoms with van der Waals surface area (Å²) in [6.07, 6.45) is -0.945. The monoisotopic (exact) mass is 300 g/mol. The van der Waals surface area contributed by atoms with Gasteiger partial charge in [-0.25, -0.2) is 10.2 Å². The molecule has 2 aromatic rings. The van der Waals surface area contributed by atoms with E-state index in [9.17, 15) is 14.0 Å². The Morgan fingerprint density at radius 1 is 1.00 bits per heavy atom. The van der Waals surface area contributed by atoms with Crippen molar-refractivity contribution in [3.63, 3.8) is 0 Å². The van der Waals surface area contributed by atoms with Crippen LogP contribution in [0.25, 0.3) is 0 Å². The van der Waals surface area contributed by atoms with Gasteiger partial charge in [0.05, 0.1) is 0 Å². The maximum absolute atomic E-state index is 13.5. The molecule has 0 aliphatic heterocycles. The number of carbonyl (C=O) groups excluding carboxylic acids is 2. The molecule has 0 saturated carbocycles. The lowest BCUT2D eigenvalue weighted by Crippen LogP contribution is -2.22. The van der Waals surface area contributed by atoms with Gasteiger partial charge in [-0.2, -0.15) is 4.39 Å². The molecule has 22 heavy (non-hydrogen) atoms. The van der Waals surface area contributed by atoms with Crippen LogP contribution in [0.1, 0.15) is 15.9 Å². The molecule has 0 aromatic heterocycles. The van der Waals surface area contributed by atoms with Crippen LogP contribution in [0.3, 0.4) is 0 Å². The molecule has 0 fully saturated rings. The Labute approximate surface area is 126 Å². The Morgan fingerprint density at radius 2 is 1.59 bits per heavy atom. The topological polar surface area (TPSA) is 67.8 Å². The lowest BCUT2D eigenvalue weighted by atomic mass is 10.1. The minimum absolute atomic E-state index is 0.0243. The molecule has 0 atom stereocenters. The first-order chi connectivity index (χ1) is 10.7. The second-order valence-electron chi connectivity index (χ2n) is 4.27. The zero-order chi connectivity index (χ0) is 15.8. The first-order valence-corrected chi connectivity index (χ1v) is 6.46. The molecule has 0 bridgehead atoms. The Hall–Kier alpha value is -3.02. The fraction of sp³-hybridized carbons (Fsp3) is 0.0625. The van der Waals surface area contributed by atoms with Crippen LogP contribution < -0.4 is 5.43 Å². The summed E-state index contributed by atoms with van der Waals surface area (Å²) >= 11 is 0. The van der Waals surface area contributed by atoms with E-state index in [2.05, 4.69) is 5.10 Å². The molecule has 0 spiro atoms. The minimum Gasteiger partial charge on any atom is -0.443 e. The van der Waals surface area contributed by atoms with Gasteiger partial charge in [0.25, 0.3) is 5.97 Å². The van der Waals surface area contributed by atoms with Crippen LogP contribution in [0.4, 0.5) is 9.18 Å². The average molecular weight is 300 g/mol. The summed E-state index contributed by atoms with van der Waals surface area (Å²) in [7, 11) is 0. The molecular formula is C16H13FN2O3. The molecule has 2 rings (SSSR count). The number of hydrogen-bond acceptors (Lipinski definition) is 4. The first-order valence-electron chi connectivity index (χ1n) is 6.46. The third kappa shape index (κ3) is 4.52. The van der Waals surface area contributed by atoms with Crippen molar-refractivity contribution in [2.24, 2.45) is 5.10 Å². The molecule has 0 unspecified atom stereocenters. The Balaban J connectivity index is 1.85. The van der Waals surface area contributed by atoms with Crippen molar-refractivity contribution < 1.29 is 18.7 Å². The zero-order valence-corrected chi connectivity index (χ0v) is 11.5. The molecule has 5 nitrogen and oxygen atoms in total. The molecule has 0 heterocycles. The largest absolute Gasteiger partial charge is 0.443 e. The van der Waals surface area contributed by atoms with Gasteiger partial charge in [-0.15, -0.1) is 5.10 Å². The molecule has 6 heteroatoms. The average Bonchev–Trinajstić information content (AvgIpc) is 2.58. The van der Waals surface area contributed by atoms with E-state index in [-0.39, 0.29) is 12.2 Å². The van der Waals surface area contributed by atoms with Crippen molar-refractivity contribution in [2.45, 2.75) is 6.61 Å². The van der Waals surface area contributed by atoms with E-state index in [1.807, 2.05) is 11.5 Å². The SMILES string of the molecule is O=C(N/N=C(\F)C(=O)c1ccccc1)OCc1ccccc1. The van der Waals surface area contributed by atoms with Crippen molar-refractivity contribution in [1.29, 1.82) is 0 Å². The van der Waals surface area contributed by atoms with Gasteiger partial charge in [0.2, 0.25) is 5.78 Å². The Bertz CT molecular complexity index is 672. The highest BCUT2D eigenvalue weighted by atomic mass is 19.1. The molecule has 2 aromatic carbocycles. The number of nitrogens with zero attached hydrogens (tertiary/aromatic N) is 1. The molecule has 0 aliphatic carbocycles. The van der Waals surface area contributed by atoms with Crippen molar-refractivity contribution in [3.8, 4) is 0 Å². The van der Waals surface area contributed by atoms with Crippen LogP contribution >= 0.6 is 0 Å². The van der Waals surface area contributed by atoms with Crippen molar-refractivity contribution in [3.05, 3.63) is 71.8 Å². The maximum atomic E-state index is 13.5. The first kappa shape index (κ1) is 15.4. The van der Waals surface area contributed by atoms with Gasteiger partial charge < -0.3 is 4.74 Å². The number of ketones is 1. The van der Waals surface area contributed by atoms with Crippen LogP contribution in [0, 0.1) is 0 Å². The lowest BCUT2D eigenvalue weighted by Gasteiger charge is -2.03. The van der Waals surface area contributed by atoms with Crippen LogP contribution in [0.5, 0.6) is 0 Å². The molecule has 112 valence electrons. The predicted molar refractivity (Wildman–Crippen MR) is 79.1 cm³/mol. The quantitative estimate of drug-likeness (QED) is 0.524. The van der Waals surface area contributed by atoms with Gasteiger partial charge in [0, 0.05) is 5.56 Å². The van der Waals surface area contributed by atoms with Crippen LogP contribution in [-0.4, -0.2) is 17.8 Å². The van der Waals surface area contributed by atoms with E-state index in [1.165, 1.54) is 12.1 Å². The summed E-state index contributed by atoms with van der Waals surface area (Å²) in [6.45, 7) is 0.0243. The van der Waals surface area contributed by atoms with Crippen LogP contribution in [-0.2, 0) is 11.3 Å². The number of benzene rings is 2. The highest BCUT2D eigenvalue weighted by molar-refractivity contribution is 6.42. The fourth-order valence-corrected chi connectivity index (χ4v) is 1.61. The number of nitrogens with one attached hydrogen (secondary N) is 1. The molecule has 0 saturated heterocycles. The number of amides is 1. The summed E-state index contributed by atoms with van der Waals surface area (Å²) in [4.78, 5) is 23.0. The summed E-state index contributed by atoms with van der Waals surface area (Å²) in [5, 5.41) is 3.09. The number of hydrogen-bond donors (Lipinski definition) is 1. The summed E-state index contributed by atoms with van der Waals surface area (Å²) in [5.74, 6) is -2.23. The third-order valence-corrected chi connectivity index (χ3v) is 2.68. The number of ether oxygens (including phenoxy) is 1. The number of rotatable bonds is 5. The highest BCUT2D eigenvalue weighted by Crippen LogP contribution is 2.03. The number of hydrazone groups is 1. The number of carbonyl (C=O) groups is 2. The van der Waals surface area contributed by atoms with E-state index in [0.29, 0.717) is 0 Å². The van der Waals surface area contributed by atoms with Gasteiger partial charge in [0.1, 0.15) is 6.61 Å². The van der Waals surface area contributed by atoms with E-state index >= 15 is 0 Å². The molecule has 0 aliphatic rings. The Morgan fingerprint density at radius 3 is 2.23 bits per heavy atom. The van der Waals surface area contributed by atoms with Crippen molar-refractivity contribution in [1.82, 2.24) is 5.43 Å². The zero-order valence-electron chi connectivity index (χ0n) is 11.5. The van der Waals surface area contributed by atoms with Crippen molar-refractivity contribution in [2.75, 3.05) is 0 Å². The van der Waals surface area contributed by atoms with Gasteiger partial charge in [-0.1, -0.05) is 60.7 Å². The van der Waals surface area contributed by atoms with E-state index in [4.69, 9.17) is 4.74 Å². The standard InChI is InChI=1S/C16H13FN2O3/c17-15(14(20)13-9-5-2-6-10-13)18-19-16(21)22-11-12-7-3-1-4-8-12/h1-10H,11H2,(H,19,21)/b18-15-. The van der Waals surface area contributed by atoms with Crippen LogP contribution in [0.2, 0.25) is 0 Å². The van der Waals surface area contributed by atoms with Gasteiger partial charge in [0.15, 0.2) is 0 Å². The van der Waals surface area contributed by atoms with Gasteiger partial charge in [-0.3, -0.25) is 4.79 Å².